The predicted octanol–water partition coefficient (Wildman–Crippen LogP) is 5.29. The normalized spacial score (nSPS) is 11.5. The zero-order valence-electron chi connectivity index (χ0n) is 12.3. The van der Waals surface area contributed by atoms with E-state index in [0.717, 1.165) is 21.2 Å². The van der Waals surface area contributed by atoms with Crippen molar-refractivity contribution in [2.75, 3.05) is 0 Å². The van der Waals surface area contributed by atoms with Crippen LogP contribution in [0.15, 0.2) is 45.6 Å². The first-order chi connectivity index (χ1) is 9.83. The van der Waals surface area contributed by atoms with E-state index in [9.17, 15) is 0 Å². The van der Waals surface area contributed by atoms with Crippen molar-refractivity contribution >= 4 is 31.9 Å². The molecule has 2 aromatic rings. The highest BCUT2D eigenvalue weighted by Gasteiger charge is 2.10. The van der Waals surface area contributed by atoms with Crippen molar-refractivity contribution in [1.29, 1.82) is 0 Å². The minimum Gasteiger partial charge on any atom is -0.455 e. The highest BCUT2D eigenvalue weighted by molar-refractivity contribution is 9.10. The number of rotatable bonds is 4. The summed E-state index contributed by atoms with van der Waals surface area (Å²) in [5, 5.41) is 3.46. The molecule has 0 saturated carbocycles. The lowest BCUT2D eigenvalue weighted by Gasteiger charge is -2.20. The molecule has 0 bridgehead atoms. The molecular weight excluding hydrogens is 396 g/mol. The monoisotopic (exact) mass is 412 g/mol. The van der Waals surface area contributed by atoms with E-state index in [2.05, 4.69) is 75.1 Å². The molecule has 0 amide bonds. The van der Waals surface area contributed by atoms with Gasteiger partial charge in [0.1, 0.15) is 11.5 Å². The summed E-state index contributed by atoms with van der Waals surface area (Å²) in [4.78, 5) is 4.09. The second-order valence-corrected chi connectivity index (χ2v) is 7.58. The molecule has 1 aromatic carbocycles. The number of hydrogen-bond donors (Lipinski definition) is 1. The molecule has 112 valence electrons. The first-order valence-corrected chi connectivity index (χ1v) is 8.24. The van der Waals surface area contributed by atoms with Crippen LogP contribution in [0.1, 0.15) is 26.3 Å². The van der Waals surface area contributed by atoms with Gasteiger partial charge in [-0.05, 0) is 76.4 Å². The third-order valence-electron chi connectivity index (χ3n) is 2.73. The van der Waals surface area contributed by atoms with Gasteiger partial charge in [0.05, 0.1) is 10.7 Å². The number of aromatic nitrogens is 1. The maximum Gasteiger partial charge on any atom is 0.146 e. The zero-order valence-corrected chi connectivity index (χ0v) is 15.5. The second-order valence-electron chi connectivity index (χ2n) is 5.81. The van der Waals surface area contributed by atoms with Gasteiger partial charge in [0.2, 0.25) is 0 Å². The summed E-state index contributed by atoms with van der Waals surface area (Å²) in [6.45, 7) is 7.28. The van der Waals surface area contributed by atoms with E-state index in [4.69, 9.17) is 4.74 Å². The van der Waals surface area contributed by atoms with Crippen molar-refractivity contribution in [3.05, 3.63) is 51.2 Å². The van der Waals surface area contributed by atoms with Gasteiger partial charge in [0.25, 0.3) is 0 Å². The molecule has 0 spiro atoms. The fraction of sp³-hybridized carbons (Fsp3) is 0.312. The lowest BCUT2D eigenvalue weighted by Crippen LogP contribution is -2.35. The Morgan fingerprint density at radius 1 is 1.14 bits per heavy atom. The number of ether oxygens (including phenoxy) is 1. The number of pyridine rings is 1. The van der Waals surface area contributed by atoms with E-state index in [1.165, 1.54) is 5.56 Å². The Morgan fingerprint density at radius 3 is 2.52 bits per heavy atom. The van der Waals surface area contributed by atoms with Crippen LogP contribution in [0.5, 0.6) is 11.5 Å². The van der Waals surface area contributed by atoms with E-state index in [-0.39, 0.29) is 5.54 Å². The van der Waals surface area contributed by atoms with E-state index in [0.29, 0.717) is 5.75 Å². The van der Waals surface area contributed by atoms with Crippen molar-refractivity contribution < 1.29 is 4.74 Å². The number of halogens is 2. The molecule has 1 N–H and O–H groups in total. The molecule has 0 saturated heterocycles. The van der Waals surface area contributed by atoms with Crippen LogP contribution in [0.2, 0.25) is 0 Å². The van der Waals surface area contributed by atoms with Gasteiger partial charge in [0.15, 0.2) is 0 Å². The molecule has 0 aliphatic heterocycles. The summed E-state index contributed by atoms with van der Waals surface area (Å²) < 4.78 is 7.65. The summed E-state index contributed by atoms with van der Waals surface area (Å²) >= 11 is 6.94. The van der Waals surface area contributed by atoms with Crippen LogP contribution in [0.3, 0.4) is 0 Å². The van der Waals surface area contributed by atoms with Gasteiger partial charge in [-0.25, -0.2) is 0 Å². The fourth-order valence-corrected chi connectivity index (χ4v) is 2.53. The number of nitrogens with zero attached hydrogens (tertiary/aromatic N) is 1. The third-order valence-corrected chi connectivity index (χ3v) is 3.78. The molecule has 0 fully saturated rings. The van der Waals surface area contributed by atoms with E-state index < -0.39 is 0 Å². The second kappa shape index (κ2) is 6.90. The average Bonchev–Trinajstić information content (AvgIpc) is 2.38. The van der Waals surface area contributed by atoms with Gasteiger partial charge in [-0.1, -0.05) is 6.07 Å². The molecule has 3 nitrogen and oxygen atoms in total. The first-order valence-electron chi connectivity index (χ1n) is 6.65. The van der Waals surface area contributed by atoms with E-state index >= 15 is 0 Å². The van der Waals surface area contributed by atoms with Crippen LogP contribution in [0.4, 0.5) is 0 Å². The Balaban J connectivity index is 2.09. The predicted molar refractivity (Wildman–Crippen MR) is 92.7 cm³/mol. The number of nitrogens with one attached hydrogen (secondary N) is 1. The van der Waals surface area contributed by atoms with Crippen LogP contribution in [-0.2, 0) is 6.54 Å². The maximum atomic E-state index is 5.83. The van der Waals surface area contributed by atoms with E-state index in [1.54, 1.807) is 12.4 Å². The zero-order chi connectivity index (χ0) is 15.5. The Bertz CT molecular complexity index is 624. The summed E-state index contributed by atoms with van der Waals surface area (Å²) in [7, 11) is 0. The maximum absolute atomic E-state index is 5.83. The standard InChI is InChI=1S/C16H18Br2N2O/c1-16(2,3)20-8-11-4-5-15(14(18)6-11)21-13-7-12(17)9-19-10-13/h4-7,9-10,20H,8H2,1-3H3. The molecule has 0 aliphatic carbocycles. The summed E-state index contributed by atoms with van der Waals surface area (Å²) in [6.07, 6.45) is 3.41. The van der Waals surface area contributed by atoms with Crippen LogP contribution in [0, 0.1) is 0 Å². The molecule has 5 heteroatoms. The Kier molecular flexibility index (Phi) is 5.41. The molecule has 1 aromatic heterocycles. The average molecular weight is 414 g/mol. The van der Waals surface area contributed by atoms with Crippen molar-refractivity contribution in [1.82, 2.24) is 10.3 Å². The van der Waals surface area contributed by atoms with E-state index in [1.807, 2.05) is 12.1 Å². The fourth-order valence-electron chi connectivity index (χ4n) is 1.68. The van der Waals surface area contributed by atoms with Crippen molar-refractivity contribution in [3.8, 4) is 11.5 Å². The van der Waals surface area contributed by atoms with Gasteiger partial charge in [0, 0.05) is 22.8 Å². The molecule has 0 aliphatic rings. The van der Waals surface area contributed by atoms with Crippen molar-refractivity contribution in [3.63, 3.8) is 0 Å². The SMILES string of the molecule is CC(C)(C)NCc1ccc(Oc2cncc(Br)c2)c(Br)c1. The minimum atomic E-state index is 0.101. The van der Waals surface area contributed by atoms with Crippen LogP contribution in [-0.4, -0.2) is 10.5 Å². The Hall–Kier alpha value is -0.910. The van der Waals surface area contributed by atoms with Crippen LogP contribution in [0.25, 0.3) is 0 Å². The summed E-state index contributed by atoms with van der Waals surface area (Å²) in [6, 6.07) is 7.98. The van der Waals surface area contributed by atoms with Gasteiger partial charge < -0.3 is 10.1 Å². The van der Waals surface area contributed by atoms with Crippen LogP contribution < -0.4 is 10.1 Å². The molecular formula is C16H18Br2N2O. The molecule has 0 unspecified atom stereocenters. The molecule has 1 heterocycles. The molecule has 2 rings (SSSR count). The number of hydrogen-bond acceptors (Lipinski definition) is 3. The Labute approximate surface area is 142 Å². The number of benzene rings is 1. The topological polar surface area (TPSA) is 34.1 Å². The molecule has 0 atom stereocenters. The molecule has 21 heavy (non-hydrogen) atoms. The smallest absolute Gasteiger partial charge is 0.146 e. The third kappa shape index (κ3) is 5.41. The largest absolute Gasteiger partial charge is 0.455 e. The van der Waals surface area contributed by atoms with Crippen molar-refractivity contribution in [2.24, 2.45) is 0 Å². The minimum absolute atomic E-state index is 0.101. The molecule has 0 radical (unpaired) electrons. The highest BCUT2D eigenvalue weighted by Crippen LogP contribution is 2.31. The van der Waals surface area contributed by atoms with Gasteiger partial charge in [-0.3, -0.25) is 4.98 Å². The van der Waals surface area contributed by atoms with Gasteiger partial charge in [-0.15, -0.1) is 0 Å². The van der Waals surface area contributed by atoms with Gasteiger partial charge in [-0.2, -0.15) is 0 Å². The highest BCUT2D eigenvalue weighted by atomic mass is 79.9. The Morgan fingerprint density at radius 2 is 1.90 bits per heavy atom. The first kappa shape index (κ1) is 16.5. The van der Waals surface area contributed by atoms with Crippen molar-refractivity contribution in [2.45, 2.75) is 32.9 Å². The lowest BCUT2D eigenvalue weighted by molar-refractivity contribution is 0.424. The lowest BCUT2D eigenvalue weighted by atomic mass is 10.1. The summed E-state index contributed by atoms with van der Waals surface area (Å²) in [5.41, 5.74) is 1.31. The summed E-state index contributed by atoms with van der Waals surface area (Å²) in [5.74, 6) is 1.47. The van der Waals surface area contributed by atoms with Gasteiger partial charge >= 0.3 is 0 Å². The quantitative estimate of drug-likeness (QED) is 0.739. The van der Waals surface area contributed by atoms with Crippen LogP contribution >= 0.6 is 31.9 Å².